The summed E-state index contributed by atoms with van der Waals surface area (Å²) in [6.45, 7) is 3.80. The number of carbonyl (C=O) groups is 2. The third-order valence-electron chi connectivity index (χ3n) is 4.44. The Morgan fingerprint density at radius 1 is 1.58 bits per heavy atom. The fourth-order valence-corrected chi connectivity index (χ4v) is 4.86. The highest BCUT2D eigenvalue weighted by Gasteiger charge is 2.60. The number of carbonyl (C=O) groups excluding carboxylic acids is 2. The maximum absolute atomic E-state index is 12.7. The molecule has 0 spiro atoms. The molecule has 1 saturated heterocycles. The Morgan fingerprint density at radius 3 is 3.12 bits per heavy atom. The molecule has 1 amide bonds. The number of aliphatic imine (C=N–C) groups is 1. The number of amidine groups is 1. The maximum Gasteiger partial charge on any atom is 0.317 e. The van der Waals surface area contributed by atoms with Gasteiger partial charge in [-0.2, -0.15) is 0 Å². The van der Waals surface area contributed by atoms with Gasteiger partial charge in [-0.15, -0.1) is 0 Å². The smallest absolute Gasteiger partial charge is 0.317 e. The predicted octanol–water partition coefficient (Wildman–Crippen LogP) is 2.72. The minimum atomic E-state index is -1.08. The van der Waals surface area contributed by atoms with E-state index in [2.05, 4.69) is 20.9 Å². The SMILES string of the molecule is CCOC(=O)[C@H]1[C@H]2c3cc(Br)ccc3O[C@@]1(C)N=C1SCC(=O)N12. The number of hydrogen-bond donors (Lipinski definition) is 0. The molecule has 1 fully saturated rings. The van der Waals surface area contributed by atoms with Gasteiger partial charge in [-0.25, -0.2) is 4.99 Å². The zero-order valence-corrected chi connectivity index (χ0v) is 15.5. The fraction of sp³-hybridized carbons (Fsp3) is 0.438. The van der Waals surface area contributed by atoms with Gasteiger partial charge in [-0.05, 0) is 32.0 Å². The van der Waals surface area contributed by atoms with Gasteiger partial charge in [0.25, 0.3) is 0 Å². The minimum absolute atomic E-state index is 0.0482. The fourth-order valence-electron chi connectivity index (χ4n) is 3.48. The zero-order chi connectivity index (χ0) is 17.1. The van der Waals surface area contributed by atoms with Crippen LogP contribution in [0, 0.1) is 5.92 Å². The second kappa shape index (κ2) is 5.49. The summed E-state index contributed by atoms with van der Waals surface area (Å²) in [5, 5.41) is 0.610. The maximum atomic E-state index is 12.7. The van der Waals surface area contributed by atoms with E-state index >= 15 is 0 Å². The van der Waals surface area contributed by atoms with Crippen LogP contribution >= 0.6 is 27.7 Å². The lowest BCUT2D eigenvalue weighted by molar-refractivity contribution is -0.163. The van der Waals surface area contributed by atoms with E-state index < -0.39 is 23.7 Å². The van der Waals surface area contributed by atoms with E-state index in [1.807, 2.05) is 18.2 Å². The van der Waals surface area contributed by atoms with Crippen molar-refractivity contribution in [3.8, 4) is 5.75 Å². The molecular weight excluding hydrogens is 396 g/mol. The van der Waals surface area contributed by atoms with Gasteiger partial charge in [0.05, 0.1) is 18.4 Å². The van der Waals surface area contributed by atoms with Crippen LogP contribution in [0.3, 0.4) is 0 Å². The summed E-state index contributed by atoms with van der Waals surface area (Å²) in [4.78, 5) is 31.4. The van der Waals surface area contributed by atoms with E-state index in [1.165, 1.54) is 11.8 Å². The van der Waals surface area contributed by atoms with Crippen LogP contribution in [0.15, 0.2) is 27.7 Å². The first-order chi connectivity index (χ1) is 11.4. The molecule has 3 atom stereocenters. The van der Waals surface area contributed by atoms with Crippen molar-refractivity contribution in [1.29, 1.82) is 0 Å². The molecule has 126 valence electrons. The van der Waals surface area contributed by atoms with Crippen molar-refractivity contribution >= 4 is 44.7 Å². The largest absolute Gasteiger partial charge is 0.466 e. The van der Waals surface area contributed by atoms with Gasteiger partial charge in [0.15, 0.2) is 5.17 Å². The molecule has 3 heterocycles. The number of esters is 1. The van der Waals surface area contributed by atoms with Crippen LogP contribution in [0.5, 0.6) is 5.75 Å². The number of nitrogens with zero attached hydrogens (tertiary/aromatic N) is 2. The van der Waals surface area contributed by atoms with E-state index in [4.69, 9.17) is 9.47 Å². The number of thioether (sulfide) groups is 1. The normalized spacial score (nSPS) is 30.2. The van der Waals surface area contributed by atoms with Crippen molar-refractivity contribution in [3.63, 3.8) is 0 Å². The molecule has 24 heavy (non-hydrogen) atoms. The molecular formula is C16H15BrN2O4S. The highest BCUT2D eigenvalue weighted by atomic mass is 79.9. The first-order valence-corrected chi connectivity index (χ1v) is 9.42. The lowest BCUT2D eigenvalue weighted by atomic mass is 9.80. The van der Waals surface area contributed by atoms with Crippen molar-refractivity contribution in [3.05, 3.63) is 28.2 Å². The van der Waals surface area contributed by atoms with Gasteiger partial charge >= 0.3 is 5.97 Å². The first-order valence-electron chi connectivity index (χ1n) is 7.64. The van der Waals surface area contributed by atoms with Crippen molar-refractivity contribution in [1.82, 2.24) is 4.90 Å². The van der Waals surface area contributed by atoms with Crippen LogP contribution in [0.1, 0.15) is 25.5 Å². The van der Waals surface area contributed by atoms with Crippen LogP contribution in [-0.2, 0) is 14.3 Å². The quantitative estimate of drug-likeness (QED) is 0.701. The number of fused-ring (bicyclic) bond motifs is 6. The predicted molar refractivity (Wildman–Crippen MR) is 92.8 cm³/mol. The van der Waals surface area contributed by atoms with E-state index in [0.717, 1.165) is 10.0 Å². The Hall–Kier alpha value is -1.54. The van der Waals surface area contributed by atoms with Crippen LogP contribution in [0.25, 0.3) is 0 Å². The molecule has 0 saturated carbocycles. The van der Waals surface area contributed by atoms with Crippen molar-refractivity contribution in [2.75, 3.05) is 12.4 Å². The van der Waals surface area contributed by atoms with E-state index in [0.29, 0.717) is 16.7 Å². The Kier molecular flexibility index (Phi) is 3.65. The summed E-state index contributed by atoms with van der Waals surface area (Å²) in [5.74, 6) is -0.190. The second-order valence-electron chi connectivity index (χ2n) is 5.96. The molecule has 0 aliphatic carbocycles. The number of hydrogen-bond acceptors (Lipinski definition) is 6. The Labute approximate surface area is 151 Å². The average Bonchev–Trinajstić information content (AvgIpc) is 2.87. The summed E-state index contributed by atoms with van der Waals surface area (Å²) in [7, 11) is 0. The second-order valence-corrected chi connectivity index (χ2v) is 7.82. The topological polar surface area (TPSA) is 68.2 Å². The van der Waals surface area contributed by atoms with Gasteiger partial charge < -0.3 is 9.47 Å². The molecule has 1 aromatic carbocycles. The summed E-state index contributed by atoms with van der Waals surface area (Å²) in [5.41, 5.74) is -0.288. The Balaban J connectivity index is 1.93. The minimum Gasteiger partial charge on any atom is -0.466 e. The lowest BCUT2D eigenvalue weighted by Gasteiger charge is -2.49. The van der Waals surface area contributed by atoms with Gasteiger partial charge in [0, 0.05) is 10.0 Å². The number of amides is 1. The number of ether oxygens (including phenoxy) is 2. The first kappa shape index (κ1) is 16.0. The van der Waals surface area contributed by atoms with E-state index in [9.17, 15) is 9.59 Å². The standard InChI is InChI=1S/C16H15BrN2O4S/c1-3-22-14(21)12-13-9-6-8(17)4-5-10(9)23-16(12,2)18-15-19(13)11(20)7-24-15/h4-6,12-13H,3,7H2,1-2H3/t12-,13-,16-/m1/s1. The van der Waals surface area contributed by atoms with Gasteiger partial charge in [-0.3, -0.25) is 14.5 Å². The summed E-state index contributed by atoms with van der Waals surface area (Å²) < 4.78 is 12.2. The van der Waals surface area contributed by atoms with E-state index in [1.54, 1.807) is 18.7 Å². The molecule has 8 heteroatoms. The molecule has 2 bridgehead atoms. The highest BCUT2D eigenvalue weighted by molar-refractivity contribution is 9.10. The number of benzene rings is 1. The number of rotatable bonds is 2. The third-order valence-corrected chi connectivity index (χ3v) is 5.87. The molecule has 0 unspecified atom stereocenters. The van der Waals surface area contributed by atoms with Crippen molar-refractivity contribution in [2.24, 2.45) is 10.9 Å². The lowest BCUT2D eigenvalue weighted by Crippen LogP contribution is -2.59. The average molecular weight is 411 g/mol. The molecule has 6 nitrogen and oxygen atoms in total. The molecule has 3 aliphatic rings. The van der Waals surface area contributed by atoms with Crippen molar-refractivity contribution < 1.29 is 19.1 Å². The Bertz CT molecular complexity index is 783. The van der Waals surface area contributed by atoms with Gasteiger partial charge in [-0.1, -0.05) is 27.7 Å². The van der Waals surface area contributed by atoms with E-state index in [-0.39, 0.29) is 12.5 Å². The van der Waals surface area contributed by atoms with Crippen LogP contribution in [0.4, 0.5) is 0 Å². The van der Waals surface area contributed by atoms with Gasteiger partial charge in [0.2, 0.25) is 11.6 Å². The molecule has 0 aromatic heterocycles. The van der Waals surface area contributed by atoms with Crippen LogP contribution in [-0.4, -0.2) is 40.0 Å². The van der Waals surface area contributed by atoms with Gasteiger partial charge in [0.1, 0.15) is 11.7 Å². The summed E-state index contributed by atoms with van der Waals surface area (Å²) in [6, 6.07) is 5.13. The molecule has 0 N–H and O–H groups in total. The molecule has 4 rings (SSSR count). The zero-order valence-electron chi connectivity index (χ0n) is 13.1. The monoisotopic (exact) mass is 410 g/mol. The molecule has 0 radical (unpaired) electrons. The Morgan fingerprint density at radius 2 is 2.38 bits per heavy atom. The van der Waals surface area contributed by atoms with Crippen molar-refractivity contribution in [2.45, 2.75) is 25.6 Å². The molecule has 1 aromatic rings. The third kappa shape index (κ3) is 2.19. The molecule has 3 aliphatic heterocycles. The summed E-state index contributed by atoms with van der Waals surface area (Å²) >= 11 is 4.84. The highest BCUT2D eigenvalue weighted by Crippen LogP contribution is 2.53. The number of halogens is 1. The van der Waals surface area contributed by atoms with Crippen LogP contribution < -0.4 is 4.74 Å². The van der Waals surface area contributed by atoms with Crippen LogP contribution in [0.2, 0.25) is 0 Å². The summed E-state index contributed by atoms with van der Waals surface area (Å²) in [6.07, 6.45) is 0.